The van der Waals surface area contributed by atoms with Gasteiger partial charge in [0, 0.05) is 21.9 Å². The largest absolute Gasteiger partial charge is 0.325 e. The van der Waals surface area contributed by atoms with Crippen molar-refractivity contribution in [2.45, 2.75) is 51.5 Å². The first-order chi connectivity index (χ1) is 10.2. The second-order valence-corrected chi connectivity index (χ2v) is 7.61. The SMILES string of the molecule is CCC1CCCCC1n1c(CCCl)nc2cc(I)ccc21. The van der Waals surface area contributed by atoms with Crippen molar-refractivity contribution in [1.82, 2.24) is 9.55 Å². The molecule has 0 saturated heterocycles. The van der Waals surface area contributed by atoms with E-state index in [4.69, 9.17) is 16.6 Å². The Morgan fingerprint density at radius 2 is 2.14 bits per heavy atom. The van der Waals surface area contributed by atoms with Gasteiger partial charge in [-0.05, 0) is 59.5 Å². The van der Waals surface area contributed by atoms with Crippen molar-refractivity contribution in [3.05, 3.63) is 27.6 Å². The molecule has 2 unspecified atom stereocenters. The van der Waals surface area contributed by atoms with Crippen LogP contribution < -0.4 is 0 Å². The fourth-order valence-corrected chi connectivity index (χ4v) is 4.40. The molecule has 0 spiro atoms. The Hall–Kier alpha value is -0.290. The van der Waals surface area contributed by atoms with Crippen LogP contribution in [0.15, 0.2) is 18.2 Å². The van der Waals surface area contributed by atoms with Crippen molar-refractivity contribution in [2.24, 2.45) is 5.92 Å². The van der Waals surface area contributed by atoms with E-state index < -0.39 is 0 Å². The van der Waals surface area contributed by atoms with Crippen LogP contribution in [0.1, 0.15) is 50.9 Å². The molecule has 4 heteroatoms. The van der Waals surface area contributed by atoms with Gasteiger partial charge in [-0.3, -0.25) is 0 Å². The number of fused-ring (bicyclic) bond motifs is 1. The fourth-order valence-electron chi connectivity index (χ4n) is 3.76. The molecule has 1 fully saturated rings. The minimum Gasteiger partial charge on any atom is -0.325 e. The first-order valence-corrected chi connectivity index (χ1v) is 9.58. The summed E-state index contributed by atoms with van der Waals surface area (Å²) in [5.74, 6) is 2.60. The van der Waals surface area contributed by atoms with Crippen molar-refractivity contribution in [3.8, 4) is 0 Å². The summed E-state index contributed by atoms with van der Waals surface area (Å²) in [5.41, 5.74) is 2.42. The molecule has 1 heterocycles. The molecule has 2 aromatic rings. The molecular weight excluding hydrogens is 395 g/mol. The van der Waals surface area contributed by atoms with Gasteiger partial charge in [-0.15, -0.1) is 11.6 Å². The number of hydrogen-bond donors (Lipinski definition) is 0. The van der Waals surface area contributed by atoms with Gasteiger partial charge in [0.25, 0.3) is 0 Å². The molecule has 0 aliphatic heterocycles. The Labute approximate surface area is 145 Å². The minimum absolute atomic E-state index is 0.604. The van der Waals surface area contributed by atoms with Gasteiger partial charge in [0.05, 0.1) is 11.0 Å². The highest BCUT2D eigenvalue weighted by Gasteiger charge is 2.28. The van der Waals surface area contributed by atoms with E-state index in [0.29, 0.717) is 11.9 Å². The summed E-state index contributed by atoms with van der Waals surface area (Å²) in [6.07, 6.45) is 7.47. The molecule has 21 heavy (non-hydrogen) atoms. The normalized spacial score (nSPS) is 22.8. The number of aryl methyl sites for hydroxylation is 1. The number of aromatic nitrogens is 2. The number of imidazole rings is 1. The monoisotopic (exact) mass is 416 g/mol. The molecule has 3 rings (SSSR count). The summed E-state index contributed by atoms with van der Waals surface area (Å²) >= 11 is 8.38. The third kappa shape index (κ3) is 3.09. The maximum absolute atomic E-state index is 6.02. The maximum Gasteiger partial charge on any atom is 0.111 e. The van der Waals surface area contributed by atoms with E-state index in [2.05, 4.69) is 52.3 Å². The van der Waals surface area contributed by atoms with E-state index in [0.717, 1.165) is 17.9 Å². The van der Waals surface area contributed by atoms with Crippen LogP contribution in [-0.2, 0) is 6.42 Å². The average Bonchev–Trinajstić information content (AvgIpc) is 2.84. The lowest BCUT2D eigenvalue weighted by Crippen LogP contribution is -2.24. The van der Waals surface area contributed by atoms with Gasteiger partial charge < -0.3 is 4.57 Å². The van der Waals surface area contributed by atoms with Crippen LogP contribution >= 0.6 is 34.2 Å². The Bertz CT molecular complexity index is 623. The van der Waals surface area contributed by atoms with Crippen LogP contribution in [0.3, 0.4) is 0 Å². The molecule has 0 N–H and O–H groups in total. The van der Waals surface area contributed by atoms with E-state index in [1.54, 1.807) is 0 Å². The first-order valence-electron chi connectivity index (χ1n) is 7.97. The summed E-state index contributed by atoms with van der Waals surface area (Å²) < 4.78 is 3.76. The van der Waals surface area contributed by atoms with Gasteiger partial charge in [-0.25, -0.2) is 4.98 Å². The van der Waals surface area contributed by atoms with Crippen molar-refractivity contribution >= 4 is 45.2 Å². The summed E-state index contributed by atoms with van der Waals surface area (Å²) in [7, 11) is 0. The highest BCUT2D eigenvalue weighted by Crippen LogP contribution is 2.38. The van der Waals surface area contributed by atoms with Crippen molar-refractivity contribution in [1.29, 1.82) is 0 Å². The van der Waals surface area contributed by atoms with Gasteiger partial charge in [0.1, 0.15) is 5.82 Å². The predicted molar refractivity (Wildman–Crippen MR) is 98.2 cm³/mol. The van der Waals surface area contributed by atoms with Crippen molar-refractivity contribution in [2.75, 3.05) is 5.88 Å². The lowest BCUT2D eigenvalue weighted by Gasteiger charge is -2.33. The van der Waals surface area contributed by atoms with Crippen LogP contribution in [-0.4, -0.2) is 15.4 Å². The Morgan fingerprint density at radius 1 is 1.33 bits per heavy atom. The zero-order valence-electron chi connectivity index (χ0n) is 12.5. The standard InChI is InChI=1S/C17H22ClIN2/c1-2-12-5-3-4-6-15(12)21-16-8-7-13(19)11-14(16)20-17(21)9-10-18/h7-8,11-12,15H,2-6,9-10H2,1H3. The number of hydrogen-bond acceptors (Lipinski definition) is 1. The molecule has 0 bridgehead atoms. The summed E-state index contributed by atoms with van der Waals surface area (Å²) in [5, 5.41) is 0. The number of alkyl halides is 1. The van der Waals surface area contributed by atoms with Gasteiger partial charge in [-0.2, -0.15) is 0 Å². The van der Waals surface area contributed by atoms with Crippen LogP contribution in [0.5, 0.6) is 0 Å². The molecule has 2 atom stereocenters. The van der Waals surface area contributed by atoms with Gasteiger partial charge in [-0.1, -0.05) is 26.2 Å². The van der Waals surface area contributed by atoms with Crippen molar-refractivity contribution in [3.63, 3.8) is 0 Å². The Kier molecular flexibility index (Phi) is 5.10. The van der Waals surface area contributed by atoms with E-state index in [1.165, 1.54) is 47.0 Å². The van der Waals surface area contributed by atoms with Crippen LogP contribution in [0.2, 0.25) is 0 Å². The van der Waals surface area contributed by atoms with Gasteiger partial charge >= 0.3 is 0 Å². The highest BCUT2D eigenvalue weighted by atomic mass is 127. The fraction of sp³-hybridized carbons (Fsp3) is 0.588. The molecule has 1 saturated carbocycles. The third-order valence-corrected chi connectivity index (χ3v) is 5.63. The van der Waals surface area contributed by atoms with E-state index >= 15 is 0 Å². The van der Waals surface area contributed by atoms with Crippen LogP contribution in [0.25, 0.3) is 11.0 Å². The molecular formula is C17H22ClIN2. The summed E-state index contributed by atoms with van der Waals surface area (Å²) in [6.45, 7) is 2.33. The van der Waals surface area contributed by atoms with Crippen LogP contribution in [0, 0.1) is 9.49 Å². The molecule has 0 radical (unpaired) electrons. The van der Waals surface area contributed by atoms with Crippen molar-refractivity contribution < 1.29 is 0 Å². The smallest absolute Gasteiger partial charge is 0.111 e. The predicted octanol–water partition coefficient (Wildman–Crippen LogP) is 5.56. The molecule has 0 amide bonds. The molecule has 1 aromatic heterocycles. The van der Waals surface area contributed by atoms with E-state index in [9.17, 15) is 0 Å². The molecule has 1 aliphatic rings. The number of rotatable bonds is 4. The highest BCUT2D eigenvalue weighted by molar-refractivity contribution is 14.1. The lowest BCUT2D eigenvalue weighted by molar-refractivity contribution is 0.233. The third-order valence-electron chi connectivity index (χ3n) is 4.77. The zero-order chi connectivity index (χ0) is 14.8. The van der Waals surface area contributed by atoms with Gasteiger partial charge in [0.2, 0.25) is 0 Å². The topological polar surface area (TPSA) is 17.8 Å². The second kappa shape index (κ2) is 6.86. The Balaban J connectivity index is 2.11. The van der Waals surface area contributed by atoms with E-state index in [-0.39, 0.29) is 0 Å². The second-order valence-electron chi connectivity index (χ2n) is 5.99. The summed E-state index contributed by atoms with van der Waals surface area (Å²) in [6, 6.07) is 7.22. The Morgan fingerprint density at radius 3 is 2.90 bits per heavy atom. The number of halogens is 2. The van der Waals surface area contributed by atoms with E-state index in [1.807, 2.05) is 0 Å². The zero-order valence-corrected chi connectivity index (χ0v) is 15.4. The maximum atomic E-state index is 6.02. The minimum atomic E-state index is 0.604. The average molecular weight is 417 g/mol. The number of nitrogens with zero attached hydrogens (tertiary/aromatic N) is 2. The molecule has 1 aliphatic carbocycles. The molecule has 1 aromatic carbocycles. The molecule has 2 nitrogen and oxygen atoms in total. The quantitative estimate of drug-likeness (QED) is 0.471. The summed E-state index contributed by atoms with van der Waals surface area (Å²) in [4.78, 5) is 4.88. The van der Waals surface area contributed by atoms with Crippen LogP contribution in [0.4, 0.5) is 0 Å². The number of benzene rings is 1. The first kappa shape index (κ1) is 15.6. The molecule has 114 valence electrons. The lowest BCUT2D eigenvalue weighted by atomic mass is 9.82. The van der Waals surface area contributed by atoms with Gasteiger partial charge in [0.15, 0.2) is 0 Å².